The number of hydrogen-bond acceptors (Lipinski definition) is 1. The average Bonchev–Trinajstić information content (AvgIpc) is 2.80. The van der Waals surface area contributed by atoms with Crippen LogP contribution in [0.25, 0.3) is 0 Å². The van der Waals surface area contributed by atoms with Gasteiger partial charge in [0.15, 0.2) is 5.82 Å². The van der Waals surface area contributed by atoms with E-state index >= 15 is 0 Å². The Kier molecular flexibility index (Phi) is 2.13. The number of rotatable bonds is 1. The van der Waals surface area contributed by atoms with E-state index in [1.165, 1.54) is 6.07 Å². The standard InChI is InChI=1S/C9H7BrClFO/c10-6-3-5(9(13)1-2-9)4-7(11)8(6)12/h3-4,13H,1-2H2. The fraction of sp³-hybridized carbons (Fsp3) is 0.333. The summed E-state index contributed by atoms with van der Waals surface area (Å²) in [5, 5.41) is 9.78. The second kappa shape index (κ2) is 2.94. The van der Waals surface area contributed by atoms with Crippen molar-refractivity contribution in [3.05, 3.63) is 33.0 Å². The Morgan fingerprint density at radius 2 is 2.08 bits per heavy atom. The molecule has 1 saturated carbocycles. The first kappa shape index (κ1) is 9.44. The van der Waals surface area contributed by atoms with Crippen LogP contribution in [-0.4, -0.2) is 5.11 Å². The van der Waals surface area contributed by atoms with E-state index in [1.54, 1.807) is 6.07 Å². The van der Waals surface area contributed by atoms with Crippen molar-refractivity contribution in [2.24, 2.45) is 0 Å². The molecule has 0 atom stereocenters. The van der Waals surface area contributed by atoms with Gasteiger partial charge in [-0.1, -0.05) is 11.6 Å². The van der Waals surface area contributed by atoms with Crippen LogP contribution >= 0.6 is 27.5 Å². The molecule has 4 heteroatoms. The van der Waals surface area contributed by atoms with Crippen LogP contribution < -0.4 is 0 Å². The molecule has 0 amide bonds. The van der Waals surface area contributed by atoms with E-state index in [4.69, 9.17) is 11.6 Å². The molecule has 0 aromatic heterocycles. The molecule has 0 aliphatic heterocycles. The maximum Gasteiger partial charge on any atom is 0.155 e. The highest BCUT2D eigenvalue weighted by Gasteiger charge is 2.42. The van der Waals surface area contributed by atoms with Crippen molar-refractivity contribution in [3.8, 4) is 0 Å². The van der Waals surface area contributed by atoms with Gasteiger partial charge in [-0.05, 0) is 46.5 Å². The van der Waals surface area contributed by atoms with Gasteiger partial charge in [0, 0.05) is 0 Å². The third-order valence-corrected chi connectivity index (χ3v) is 3.10. The minimum atomic E-state index is -0.764. The van der Waals surface area contributed by atoms with Gasteiger partial charge in [-0.25, -0.2) is 4.39 Å². The number of benzene rings is 1. The molecule has 0 unspecified atom stereocenters. The number of aliphatic hydroxyl groups is 1. The van der Waals surface area contributed by atoms with Crippen LogP contribution in [0.1, 0.15) is 18.4 Å². The zero-order valence-corrected chi connectivity index (χ0v) is 8.99. The summed E-state index contributed by atoms with van der Waals surface area (Å²) in [6.07, 6.45) is 1.45. The van der Waals surface area contributed by atoms with Gasteiger partial charge in [-0.3, -0.25) is 0 Å². The molecule has 1 fully saturated rings. The Labute approximate surface area is 88.7 Å². The minimum absolute atomic E-state index is 0.0460. The lowest BCUT2D eigenvalue weighted by Gasteiger charge is -2.09. The molecule has 1 aromatic rings. The van der Waals surface area contributed by atoms with Gasteiger partial charge in [-0.15, -0.1) is 0 Å². The van der Waals surface area contributed by atoms with Crippen LogP contribution in [0.5, 0.6) is 0 Å². The maximum absolute atomic E-state index is 13.1. The third kappa shape index (κ3) is 1.60. The lowest BCUT2D eigenvalue weighted by molar-refractivity contribution is 0.151. The summed E-state index contributed by atoms with van der Waals surface area (Å²) in [5.74, 6) is -0.477. The van der Waals surface area contributed by atoms with E-state index in [0.717, 1.165) is 12.8 Å². The Morgan fingerprint density at radius 1 is 1.46 bits per heavy atom. The largest absolute Gasteiger partial charge is 0.385 e. The summed E-state index contributed by atoms with van der Waals surface area (Å²) in [4.78, 5) is 0. The van der Waals surface area contributed by atoms with Crippen molar-refractivity contribution in [1.82, 2.24) is 0 Å². The van der Waals surface area contributed by atoms with E-state index in [0.29, 0.717) is 10.0 Å². The molecule has 0 spiro atoms. The molecule has 0 saturated heterocycles. The monoisotopic (exact) mass is 264 g/mol. The van der Waals surface area contributed by atoms with E-state index in [2.05, 4.69) is 15.9 Å². The Bertz CT molecular complexity index is 340. The Hall–Kier alpha value is -0.120. The first-order valence-corrected chi connectivity index (χ1v) is 5.07. The molecule has 0 heterocycles. The van der Waals surface area contributed by atoms with Crippen molar-refractivity contribution in [3.63, 3.8) is 0 Å². The maximum atomic E-state index is 13.1. The number of hydrogen-bond donors (Lipinski definition) is 1. The predicted molar refractivity (Wildman–Crippen MR) is 52.2 cm³/mol. The second-order valence-electron chi connectivity index (χ2n) is 3.29. The lowest BCUT2D eigenvalue weighted by atomic mass is 10.1. The summed E-state index contributed by atoms with van der Waals surface area (Å²) in [6.45, 7) is 0. The molecule has 1 aliphatic rings. The Morgan fingerprint density at radius 3 is 2.54 bits per heavy atom. The molecular formula is C9H7BrClFO. The van der Waals surface area contributed by atoms with Crippen LogP contribution in [-0.2, 0) is 5.60 Å². The van der Waals surface area contributed by atoms with Gasteiger partial charge in [0.1, 0.15) is 0 Å². The van der Waals surface area contributed by atoms with Crippen molar-refractivity contribution < 1.29 is 9.50 Å². The van der Waals surface area contributed by atoms with Gasteiger partial charge in [0.25, 0.3) is 0 Å². The number of halogens is 3. The molecule has 2 rings (SSSR count). The van der Waals surface area contributed by atoms with Gasteiger partial charge in [0.2, 0.25) is 0 Å². The van der Waals surface area contributed by atoms with Crippen LogP contribution in [0, 0.1) is 5.82 Å². The summed E-state index contributed by atoms with van der Waals surface area (Å²) in [7, 11) is 0. The highest BCUT2D eigenvalue weighted by Crippen LogP contribution is 2.46. The molecule has 1 aliphatic carbocycles. The van der Waals surface area contributed by atoms with Gasteiger partial charge in [0.05, 0.1) is 15.1 Å². The topological polar surface area (TPSA) is 20.2 Å². The molecule has 1 aromatic carbocycles. The third-order valence-electron chi connectivity index (χ3n) is 2.24. The highest BCUT2D eigenvalue weighted by molar-refractivity contribution is 9.10. The first-order valence-electron chi connectivity index (χ1n) is 3.90. The first-order chi connectivity index (χ1) is 6.03. The van der Waals surface area contributed by atoms with E-state index in [9.17, 15) is 9.50 Å². The second-order valence-corrected chi connectivity index (χ2v) is 4.55. The predicted octanol–water partition coefficient (Wildman–Crippen LogP) is 3.22. The minimum Gasteiger partial charge on any atom is -0.385 e. The summed E-state index contributed by atoms with van der Waals surface area (Å²) in [6, 6.07) is 3.06. The molecular weight excluding hydrogens is 258 g/mol. The molecule has 1 N–H and O–H groups in total. The molecule has 1 nitrogen and oxygen atoms in total. The average molecular weight is 266 g/mol. The molecule has 13 heavy (non-hydrogen) atoms. The summed E-state index contributed by atoms with van der Waals surface area (Å²) < 4.78 is 13.4. The van der Waals surface area contributed by atoms with Crippen LogP contribution in [0.15, 0.2) is 16.6 Å². The summed E-state index contributed by atoms with van der Waals surface area (Å²) in [5.41, 5.74) is -0.0781. The smallest absolute Gasteiger partial charge is 0.155 e. The van der Waals surface area contributed by atoms with Crippen molar-refractivity contribution in [2.45, 2.75) is 18.4 Å². The van der Waals surface area contributed by atoms with Crippen LogP contribution in [0.4, 0.5) is 4.39 Å². The molecule has 0 radical (unpaired) electrons. The van der Waals surface area contributed by atoms with Crippen molar-refractivity contribution in [1.29, 1.82) is 0 Å². The summed E-state index contributed by atoms with van der Waals surface area (Å²) >= 11 is 8.68. The van der Waals surface area contributed by atoms with Crippen molar-refractivity contribution >= 4 is 27.5 Å². The van der Waals surface area contributed by atoms with Crippen LogP contribution in [0.2, 0.25) is 5.02 Å². The van der Waals surface area contributed by atoms with Gasteiger partial charge >= 0.3 is 0 Å². The van der Waals surface area contributed by atoms with E-state index in [-0.39, 0.29) is 5.02 Å². The zero-order valence-electron chi connectivity index (χ0n) is 6.65. The quantitative estimate of drug-likeness (QED) is 0.773. The molecule has 70 valence electrons. The van der Waals surface area contributed by atoms with Crippen molar-refractivity contribution in [2.75, 3.05) is 0 Å². The van der Waals surface area contributed by atoms with Crippen LogP contribution in [0.3, 0.4) is 0 Å². The van der Waals surface area contributed by atoms with Gasteiger partial charge < -0.3 is 5.11 Å². The van der Waals surface area contributed by atoms with Gasteiger partial charge in [-0.2, -0.15) is 0 Å². The molecule has 0 bridgehead atoms. The lowest BCUT2D eigenvalue weighted by Crippen LogP contribution is -2.04. The van der Waals surface area contributed by atoms with E-state index in [1.807, 2.05) is 0 Å². The fourth-order valence-electron chi connectivity index (χ4n) is 1.23. The highest BCUT2D eigenvalue weighted by atomic mass is 79.9. The Balaban J connectivity index is 2.50. The normalized spacial score (nSPS) is 18.8. The fourth-order valence-corrected chi connectivity index (χ4v) is 2.02. The zero-order chi connectivity index (χ0) is 9.64. The van der Waals surface area contributed by atoms with E-state index < -0.39 is 11.4 Å². The SMILES string of the molecule is OC1(c2cc(Cl)c(F)c(Br)c2)CC1.